The van der Waals surface area contributed by atoms with Gasteiger partial charge in [0.25, 0.3) is 5.91 Å². The number of anilines is 1. The van der Waals surface area contributed by atoms with E-state index in [2.05, 4.69) is 10.3 Å². The normalized spacial score (nSPS) is 10.4. The van der Waals surface area contributed by atoms with Gasteiger partial charge in [-0.3, -0.25) is 4.79 Å². The van der Waals surface area contributed by atoms with Crippen molar-refractivity contribution in [2.75, 3.05) is 5.32 Å². The summed E-state index contributed by atoms with van der Waals surface area (Å²) in [6.07, 6.45) is 1.49. The van der Waals surface area contributed by atoms with E-state index >= 15 is 0 Å². The lowest BCUT2D eigenvalue weighted by molar-refractivity contribution is 0.102. The lowest BCUT2D eigenvalue weighted by atomic mass is 10.2. The average molecular weight is 389 g/mol. The van der Waals surface area contributed by atoms with E-state index in [0.29, 0.717) is 32.9 Å². The van der Waals surface area contributed by atoms with Crippen molar-refractivity contribution in [3.8, 4) is 11.6 Å². The third-order valence-corrected chi connectivity index (χ3v) is 4.22. The molecule has 0 aliphatic heterocycles. The van der Waals surface area contributed by atoms with Crippen molar-refractivity contribution in [3.63, 3.8) is 0 Å². The van der Waals surface area contributed by atoms with E-state index < -0.39 is 0 Å². The van der Waals surface area contributed by atoms with Crippen molar-refractivity contribution in [2.45, 2.75) is 6.61 Å². The Kier molecular flexibility index (Phi) is 5.73. The van der Waals surface area contributed by atoms with Gasteiger partial charge >= 0.3 is 0 Å². The van der Waals surface area contributed by atoms with E-state index in [1.54, 1.807) is 48.5 Å². The summed E-state index contributed by atoms with van der Waals surface area (Å²) in [5.41, 5.74) is 1.64. The number of amides is 1. The first-order valence-electron chi connectivity index (χ1n) is 7.65. The Bertz CT molecular complexity index is 930. The highest BCUT2D eigenvalue weighted by Crippen LogP contribution is 2.24. The van der Waals surface area contributed by atoms with E-state index in [1.807, 2.05) is 0 Å². The minimum atomic E-state index is -0.324. The van der Waals surface area contributed by atoms with Crippen LogP contribution in [0.5, 0.6) is 11.6 Å². The zero-order chi connectivity index (χ0) is 18.5. The van der Waals surface area contributed by atoms with E-state index in [4.69, 9.17) is 33.0 Å². The SMILES string of the molecule is O=C(Nc1ccc(Oc2cccc(CO)c2)nc1)c1ccc(Cl)c(Cl)c1. The van der Waals surface area contributed by atoms with E-state index in [-0.39, 0.29) is 12.5 Å². The first-order valence-corrected chi connectivity index (χ1v) is 8.41. The number of aliphatic hydroxyl groups excluding tert-OH is 1. The highest BCUT2D eigenvalue weighted by molar-refractivity contribution is 6.42. The standard InChI is InChI=1S/C19H14Cl2N2O3/c20-16-6-4-13(9-17(16)21)19(25)23-14-5-7-18(22-10-14)26-15-3-1-2-12(8-15)11-24/h1-10,24H,11H2,(H,23,25). The Hall–Kier alpha value is -2.60. The fourth-order valence-corrected chi connectivity index (χ4v) is 2.48. The highest BCUT2D eigenvalue weighted by atomic mass is 35.5. The Morgan fingerprint density at radius 3 is 2.62 bits per heavy atom. The minimum Gasteiger partial charge on any atom is -0.439 e. The van der Waals surface area contributed by atoms with Gasteiger partial charge in [-0.2, -0.15) is 0 Å². The molecule has 3 aromatic rings. The molecular formula is C19H14Cl2N2O3. The molecule has 26 heavy (non-hydrogen) atoms. The Morgan fingerprint density at radius 1 is 1.08 bits per heavy atom. The Labute approximate surface area is 160 Å². The monoisotopic (exact) mass is 388 g/mol. The number of ether oxygens (including phenoxy) is 1. The van der Waals surface area contributed by atoms with Crippen LogP contribution in [0.3, 0.4) is 0 Å². The second-order valence-electron chi connectivity index (χ2n) is 5.38. The van der Waals surface area contributed by atoms with Gasteiger partial charge in [0.2, 0.25) is 5.88 Å². The van der Waals surface area contributed by atoms with Crippen LogP contribution < -0.4 is 10.1 Å². The molecule has 1 heterocycles. The van der Waals surface area contributed by atoms with Gasteiger partial charge in [-0.15, -0.1) is 0 Å². The molecule has 1 amide bonds. The first kappa shape index (κ1) is 18.2. The molecule has 0 atom stereocenters. The van der Waals surface area contributed by atoms with Crippen molar-refractivity contribution >= 4 is 34.8 Å². The van der Waals surface area contributed by atoms with Gasteiger partial charge in [-0.25, -0.2) is 4.98 Å². The van der Waals surface area contributed by atoms with Crippen LogP contribution in [-0.4, -0.2) is 16.0 Å². The van der Waals surface area contributed by atoms with Crippen LogP contribution in [-0.2, 0) is 6.61 Å². The molecular weight excluding hydrogens is 375 g/mol. The molecule has 0 aliphatic carbocycles. The van der Waals surface area contributed by atoms with Crippen LogP contribution in [0.1, 0.15) is 15.9 Å². The van der Waals surface area contributed by atoms with Gasteiger partial charge in [0.1, 0.15) is 5.75 Å². The highest BCUT2D eigenvalue weighted by Gasteiger charge is 2.09. The number of hydrogen-bond acceptors (Lipinski definition) is 4. The van der Waals surface area contributed by atoms with Crippen molar-refractivity contribution in [1.29, 1.82) is 0 Å². The second kappa shape index (κ2) is 8.19. The maximum atomic E-state index is 12.2. The van der Waals surface area contributed by atoms with Gasteiger partial charge < -0.3 is 15.2 Å². The van der Waals surface area contributed by atoms with Crippen molar-refractivity contribution in [1.82, 2.24) is 4.98 Å². The van der Waals surface area contributed by atoms with Gasteiger partial charge in [-0.1, -0.05) is 35.3 Å². The summed E-state index contributed by atoms with van der Waals surface area (Å²) in [7, 11) is 0. The summed E-state index contributed by atoms with van der Waals surface area (Å²) in [5.74, 6) is 0.610. The van der Waals surface area contributed by atoms with Crippen molar-refractivity contribution < 1.29 is 14.6 Å². The van der Waals surface area contributed by atoms with Crippen molar-refractivity contribution in [3.05, 3.63) is 82.0 Å². The number of carbonyl (C=O) groups is 1. The molecule has 0 unspecified atom stereocenters. The Morgan fingerprint density at radius 2 is 1.92 bits per heavy atom. The van der Waals surface area contributed by atoms with Gasteiger partial charge in [0.15, 0.2) is 0 Å². The fraction of sp³-hybridized carbons (Fsp3) is 0.0526. The largest absolute Gasteiger partial charge is 0.439 e. The number of nitrogens with one attached hydrogen (secondary N) is 1. The molecule has 0 fully saturated rings. The fourth-order valence-electron chi connectivity index (χ4n) is 2.18. The first-order chi connectivity index (χ1) is 12.5. The number of rotatable bonds is 5. The molecule has 5 nitrogen and oxygen atoms in total. The van der Waals surface area contributed by atoms with Crippen LogP contribution in [0.2, 0.25) is 10.0 Å². The lowest BCUT2D eigenvalue weighted by Crippen LogP contribution is -2.12. The number of nitrogens with zero attached hydrogens (tertiary/aromatic N) is 1. The lowest BCUT2D eigenvalue weighted by Gasteiger charge is -2.08. The van der Waals surface area contributed by atoms with Gasteiger partial charge in [0.05, 0.1) is 28.5 Å². The molecule has 7 heteroatoms. The van der Waals surface area contributed by atoms with Crippen LogP contribution in [0.15, 0.2) is 60.8 Å². The zero-order valence-corrected chi connectivity index (χ0v) is 15.0. The molecule has 3 rings (SSSR count). The number of hydrogen-bond donors (Lipinski definition) is 2. The number of carbonyl (C=O) groups excluding carboxylic acids is 1. The zero-order valence-electron chi connectivity index (χ0n) is 13.4. The Balaban J connectivity index is 1.67. The maximum absolute atomic E-state index is 12.2. The molecule has 0 aliphatic rings. The second-order valence-corrected chi connectivity index (χ2v) is 6.19. The van der Waals surface area contributed by atoms with Crippen LogP contribution in [0.4, 0.5) is 5.69 Å². The summed E-state index contributed by atoms with van der Waals surface area (Å²) in [6.45, 7) is -0.0652. The quantitative estimate of drug-likeness (QED) is 0.650. The van der Waals surface area contributed by atoms with Crippen molar-refractivity contribution in [2.24, 2.45) is 0 Å². The molecule has 1 aromatic heterocycles. The molecule has 0 saturated carbocycles. The van der Waals surface area contributed by atoms with Gasteiger partial charge in [0, 0.05) is 11.6 Å². The van der Waals surface area contributed by atoms with Crippen LogP contribution in [0, 0.1) is 0 Å². The molecule has 2 aromatic carbocycles. The summed E-state index contributed by atoms with van der Waals surface area (Å²) in [4.78, 5) is 16.4. The molecule has 0 radical (unpaired) electrons. The smallest absolute Gasteiger partial charge is 0.255 e. The summed E-state index contributed by atoms with van der Waals surface area (Å²) in [6, 6.07) is 15.0. The number of halogens is 2. The summed E-state index contributed by atoms with van der Waals surface area (Å²) in [5, 5.41) is 12.6. The van der Waals surface area contributed by atoms with Crippen LogP contribution in [0.25, 0.3) is 0 Å². The topological polar surface area (TPSA) is 71.5 Å². The molecule has 132 valence electrons. The predicted octanol–water partition coefficient (Wildman–Crippen LogP) is 4.93. The summed E-state index contributed by atoms with van der Waals surface area (Å²) >= 11 is 11.8. The molecule has 0 spiro atoms. The molecule has 2 N–H and O–H groups in total. The summed E-state index contributed by atoms with van der Waals surface area (Å²) < 4.78 is 5.63. The number of aromatic nitrogens is 1. The number of aliphatic hydroxyl groups is 1. The van der Waals surface area contributed by atoms with E-state index in [1.165, 1.54) is 12.3 Å². The third-order valence-electron chi connectivity index (χ3n) is 3.48. The third kappa shape index (κ3) is 4.52. The van der Waals surface area contributed by atoms with Crippen LogP contribution >= 0.6 is 23.2 Å². The number of pyridine rings is 1. The van der Waals surface area contributed by atoms with E-state index in [0.717, 1.165) is 5.56 Å². The minimum absolute atomic E-state index is 0.0652. The number of benzene rings is 2. The molecule has 0 bridgehead atoms. The maximum Gasteiger partial charge on any atom is 0.255 e. The van der Waals surface area contributed by atoms with Gasteiger partial charge in [-0.05, 0) is 42.0 Å². The predicted molar refractivity (Wildman–Crippen MR) is 101 cm³/mol. The average Bonchev–Trinajstić information content (AvgIpc) is 2.65. The molecule has 0 saturated heterocycles. The van der Waals surface area contributed by atoms with E-state index in [9.17, 15) is 4.79 Å².